The molecule has 128 valence electrons. The van der Waals surface area contributed by atoms with Gasteiger partial charge in [0.25, 0.3) is 5.91 Å². The lowest BCUT2D eigenvalue weighted by Crippen LogP contribution is -2.47. The van der Waals surface area contributed by atoms with Crippen molar-refractivity contribution >= 4 is 23.0 Å². The van der Waals surface area contributed by atoms with E-state index in [0.29, 0.717) is 13.0 Å². The van der Waals surface area contributed by atoms with E-state index in [1.54, 1.807) is 24.5 Å². The first kappa shape index (κ1) is 16.7. The van der Waals surface area contributed by atoms with Crippen LogP contribution in [0.3, 0.4) is 0 Å². The first-order valence-corrected chi connectivity index (χ1v) is 8.64. The van der Waals surface area contributed by atoms with Crippen LogP contribution in [-0.2, 0) is 9.63 Å². The van der Waals surface area contributed by atoms with Gasteiger partial charge >= 0.3 is 0 Å². The van der Waals surface area contributed by atoms with Crippen LogP contribution in [0.15, 0.2) is 45.5 Å². The van der Waals surface area contributed by atoms with Gasteiger partial charge in [0.1, 0.15) is 11.5 Å². The molecule has 1 aliphatic rings. The van der Waals surface area contributed by atoms with Crippen LogP contribution in [-0.4, -0.2) is 42.8 Å². The second-order valence-electron chi connectivity index (χ2n) is 6.22. The van der Waals surface area contributed by atoms with E-state index < -0.39 is 5.60 Å². The van der Waals surface area contributed by atoms with Crippen molar-refractivity contribution in [3.63, 3.8) is 0 Å². The molecule has 0 saturated carbocycles. The number of hydrogen-bond acceptors (Lipinski definition) is 6. The van der Waals surface area contributed by atoms with Crippen LogP contribution in [0.1, 0.15) is 30.0 Å². The van der Waals surface area contributed by atoms with Gasteiger partial charge in [0.05, 0.1) is 17.2 Å². The largest absolute Gasteiger partial charge is 0.468 e. The highest BCUT2D eigenvalue weighted by atomic mass is 32.1. The number of rotatable bonds is 6. The smallest absolute Gasteiger partial charge is 0.267 e. The van der Waals surface area contributed by atoms with Crippen molar-refractivity contribution in [1.82, 2.24) is 10.2 Å². The summed E-state index contributed by atoms with van der Waals surface area (Å²) in [5.41, 5.74) is -0.155. The predicted molar refractivity (Wildman–Crippen MR) is 93.1 cm³/mol. The maximum absolute atomic E-state index is 12.6. The van der Waals surface area contributed by atoms with Crippen molar-refractivity contribution in [2.24, 2.45) is 5.16 Å². The van der Waals surface area contributed by atoms with E-state index in [1.807, 2.05) is 48.6 Å². The van der Waals surface area contributed by atoms with Gasteiger partial charge in [-0.05, 0) is 44.6 Å². The first-order valence-electron chi connectivity index (χ1n) is 7.76. The van der Waals surface area contributed by atoms with Crippen LogP contribution in [0.25, 0.3) is 0 Å². The lowest BCUT2D eigenvalue weighted by molar-refractivity contribution is -0.141. The zero-order chi connectivity index (χ0) is 17.2. The van der Waals surface area contributed by atoms with E-state index in [1.165, 1.54) is 0 Å². The Hall–Kier alpha value is -2.12. The molecule has 3 heterocycles. The molecule has 1 N–H and O–H groups in total. The molecule has 2 aromatic heterocycles. The van der Waals surface area contributed by atoms with Crippen molar-refractivity contribution in [3.8, 4) is 0 Å². The Morgan fingerprint density at radius 1 is 1.46 bits per heavy atom. The summed E-state index contributed by atoms with van der Waals surface area (Å²) in [6, 6.07) is 7.66. The molecule has 3 rings (SSSR count). The van der Waals surface area contributed by atoms with Gasteiger partial charge in [0.15, 0.2) is 0 Å². The Kier molecular flexibility index (Phi) is 4.73. The Morgan fingerprint density at radius 3 is 2.92 bits per heavy atom. The molecule has 2 aromatic rings. The fraction of sp³-hybridized carbons (Fsp3) is 0.412. The molecule has 1 aliphatic heterocycles. The Labute approximate surface area is 145 Å². The summed E-state index contributed by atoms with van der Waals surface area (Å²) in [6.45, 7) is 2.20. The number of likely N-dealkylation sites (N-methyl/N-ethyl adjacent to an activating group) is 1. The number of carbonyl (C=O) groups excluding carboxylic acids is 1. The molecule has 2 unspecified atom stereocenters. The SMILES string of the molecule is CN(C)C(CNC(=O)C1(C)CC(c2cccs2)=NO1)c1ccco1. The van der Waals surface area contributed by atoms with Crippen LogP contribution in [0.5, 0.6) is 0 Å². The van der Waals surface area contributed by atoms with E-state index in [-0.39, 0.29) is 11.9 Å². The standard InChI is InChI=1S/C17H21N3O3S/c1-17(10-12(19-23-17)15-7-5-9-24-15)16(21)18-11-13(20(2)3)14-6-4-8-22-14/h4-9,13H,10-11H2,1-3H3,(H,18,21). The van der Waals surface area contributed by atoms with E-state index in [0.717, 1.165) is 16.3 Å². The van der Waals surface area contributed by atoms with Gasteiger partial charge in [-0.2, -0.15) is 0 Å². The lowest BCUT2D eigenvalue weighted by atomic mass is 9.98. The van der Waals surface area contributed by atoms with Crippen molar-refractivity contribution < 1.29 is 14.0 Å². The summed E-state index contributed by atoms with van der Waals surface area (Å²) in [4.78, 5) is 21.1. The molecule has 7 heteroatoms. The number of nitrogens with zero attached hydrogens (tertiary/aromatic N) is 2. The molecular formula is C17H21N3O3S. The lowest BCUT2D eigenvalue weighted by Gasteiger charge is -2.25. The monoisotopic (exact) mass is 347 g/mol. The normalized spacial score (nSPS) is 21.4. The molecule has 24 heavy (non-hydrogen) atoms. The number of hydrogen-bond donors (Lipinski definition) is 1. The second-order valence-corrected chi connectivity index (χ2v) is 7.17. The zero-order valence-electron chi connectivity index (χ0n) is 14.0. The number of furan rings is 1. The molecule has 0 aromatic carbocycles. The topological polar surface area (TPSA) is 67.1 Å². The Balaban J connectivity index is 1.61. The number of nitrogens with one attached hydrogen (secondary N) is 1. The summed E-state index contributed by atoms with van der Waals surface area (Å²) in [5.74, 6) is 0.643. The molecule has 0 saturated heterocycles. The summed E-state index contributed by atoms with van der Waals surface area (Å²) < 4.78 is 5.46. The average molecular weight is 347 g/mol. The van der Waals surface area contributed by atoms with E-state index in [4.69, 9.17) is 9.25 Å². The summed E-state index contributed by atoms with van der Waals surface area (Å²) >= 11 is 1.59. The third kappa shape index (κ3) is 3.37. The summed E-state index contributed by atoms with van der Waals surface area (Å²) in [6.07, 6.45) is 2.10. The van der Waals surface area contributed by atoms with Gasteiger partial charge in [0, 0.05) is 13.0 Å². The third-order valence-electron chi connectivity index (χ3n) is 4.10. The van der Waals surface area contributed by atoms with E-state index in [2.05, 4.69) is 10.5 Å². The number of thiophene rings is 1. The molecule has 0 aliphatic carbocycles. The Morgan fingerprint density at radius 2 is 2.29 bits per heavy atom. The van der Waals surface area contributed by atoms with Crippen LogP contribution < -0.4 is 5.32 Å². The van der Waals surface area contributed by atoms with Gasteiger partial charge in [-0.3, -0.25) is 9.69 Å². The van der Waals surface area contributed by atoms with Crippen LogP contribution in [0, 0.1) is 0 Å². The highest BCUT2D eigenvalue weighted by molar-refractivity contribution is 7.12. The number of carbonyl (C=O) groups is 1. The molecule has 6 nitrogen and oxygen atoms in total. The first-order chi connectivity index (χ1) is 11.5. The molecule has 2 atom stereocenters. The van der Waals surface area contributed by atoms with E-state index >= 15 is 0 Å². The van der Waals surface area contributed by atoms with Crippen LogP contribution in [0.4, 0.5) is 0 Å². The summed E-state index contributed by atoms with van der Waals surface area (Å²) in [7, 11) is 3.90. The minimum atomic E-state index is -0.973. The van der Waals surface area contributed by atoms with Crippen LogP contribution in [0.2, 0.25) is 0 Å². The molecular weight excluding hydrogens is 326 g/mol. The molecule has 1 amide bonds. The highest BCUT2D eigenvalue weighted by Gasteiger charge is 2.42. The third-order valence-corrected chi connectivity index (χ3v) is 5.02. The quantitative estimate of drug-likeness (QED) is 0.872. The van der Waals surface area contributed by atoms with Gasteiger partial charge in [-0.25, -0.2) is 0 Å². The second kappa shape index (κ2) is 6.78. The fourth-order valence-corrected chi connectivity index (χ4v) is 3.34. The van der Waals surface area contributed by atoms with E-state index in [9.17, 15) is 4.79 Å². The highest BCUT2D eigenvalue weighted by Crippen LogP contribution is 2.28. The zero-order valence-corrected chi connectivity index (χ0v) is 14.8. The van der Waals surface area contributed by atoms with Gasteiger partial charge < -0.3 is 14.6 Å². The van der Waals surface area contributed by atoms with Gasteiger partial charge in [-0.1, -0.05) is 11.2 Å². The van der Waals surface area contributed by atoms with Crippen molar-refractivity contribution in [1.29, 1.82) is 0 Å². The average Bonchev–Trinajstić information content (AvgIpc) is 3.28. The maximum Gasteiger partial charge on any atom is 0.267 e. The molecule has 0 bridgehead atoms. The van der Waals surface area contributed by atoms with Gasteiger partial charge in [-0.15, -0.1) is 11.3 Å². The fourth-order valence-electron chi connectivity index (χ4n) is 2.63. The minimum absolute atomic E-state index is 0.0355. The maximum atomic E-state index is 12.6. The minimum Gasteiger partial charge on any atom is -0.468 e. The van der Waals surface area contributed by atoms with Crippen molar-refractivity contribution in [3.05, 3.63) is 46.5 Å². The summed E-state index contributed by atoms with van der Waals surface area (Å²) in [5, 5.41) is 9.05. The molecule has 0 fully saturated rings. The number of oxime groups is 1. The number of amides is 1. The van der Waals surface area contributed by atoms with Crippen molar-refractivity contribution in [2.75, 3.05) is 20.6 Å². The van der Waals surface area contributed by atoms with Crippen molar-refractivity contribution in [2.45, 2.75) is 25.0 Å². The molecule has 0 radical (unpaired) electrons. The van der Waals surface area contributed by atoms with Crippen LogP contribution >= 0.6 is 11.3 Å². The molecule has 0 spiro atoms. The predicted octanol–water partition coefficient (Wildman–Crippen LogP) is 2.64. The van der Waals surface area contributed by atoms with Gasteiger partial charge in [0.2, 0.25) is 5.60 Å². The Bertz CT molecular complexity index is 710.